The van der Waals surface area contributed by atoms with Crippen molar-refractivity contribution in [2.75, 3.05) is 12.0 Å². The monoisotopic (exact) mass is 258 g/mol. The van der Waals surface area contributed by atoms with Crippen LogP contribution in [0.15, 0.2) is 22.7 Å². The Hall–Kier alpha value is -0.280. The third-order valence-electron chi connectivity index (χ3n) is 1.84. The van der Waals surface area contributed by atoms with E-state index in [1.165, 1.54) is 0 Å². The second-order valence-electron chi connectivity index (χ2n) is 2.77. The molecule has 0 amide bonds. The summed E-state index contributed by atoms with van der Waals surface area (Å²) in [7, 11) is 0. The van der Waals surface area contributed by atoms with Crippen LogP contribution in [0.25, 0.3) is 0 Å². The molecule has 0 aliphatic carbocycles. The van der Waals surface area contributed by atoms with Gasteiger partial charge in [-0.05, 0) is 24.8 Å². The van der Waals surface area contributed by atoms with Gasteiger partial charge in [-0.25, -0.2) is 0 Å². The second kappa shape index (κ2) is 4.82. The molecule has 70 valence electrons. The molecule has 1 aromatic rings. The van der Waals surface area contributed by atoms with Gasteiger partial charge in [0.2, 0.25) is 0 Å². The third kappa shape index (κ3) is 2.58. The van der Waals surface area contributed by atoms with Crippen LogP contribution in [0.1, 0.15) is 15.9 Å². The summed E-state index contributed by atoms with van der Waals surface area (Å²) in [5.74, 6) is 0.753. The molecular formula is C10H11BrOS. The molecule has 0 saturated carbocycles. The number of halogens is 1. The molecule has 0 heterocycles. The first kappa shape index (κ1) is 10.8. The van der Waals surface area contributed by atoms with E-state index >= 15 is 0 Å². The zero-order chi connectivity index (χ0) is 9.84. The summed E-state index contributed by atoms with van der Waals surface area (Å²) in [5.41, 5.74) is 1.85. The molecule has 3 heteroatoms. The van der Waals surface area contributed by atoms with Crippen LogP contribution in [0.3, 0.4) is 0 Å². The summed E-state index contributed by atoms with van der Waals surface area (Å²) in [6.45, 7) is 1.96. The number of carbonyl (C=O) groups is 1. The van der Waals surface area contributed by atoms with Crippen LogP contribution >= 0.6 is 27.7 Å². The van der Waals surface area contributed by atoms with Gasteiger partial charge in [0, 0.05) is 10.0 Å². The van der Waals surface area contributed by atoms with Gasteiger partial charge in [0.25, 0.3) is 0 Å². The van der Waals surface area contributed by atoms with Gasteiger partial charge in [0.1, 0.15) is 0 Å². The number of hydrogen-bond donors (Lipinski definition) is 0. The van der Waals surface area contributed by atoms with Crippen LogP contribution in [0.5, 0.6) is 0 Å². The Morgan fingerprint density at radius 1 is 1.54 bits per heavy atom. The maximum Gasteiger partial charge on any atom is 0.173 e. The highest BCUT2D eigenvalue weighted by Crippen LogP contribution is 2.20. The third-order valence-corrected chi connectivity index (χ3v) is 3.25. The molecule has 0 atom stereocenters. The van der Waals surface area contributed by atoms with E-state index in [9.17, 15) is 4.79 Å². The fourth-order valence-corrected chi connectivity index (χ4v) is 1.90. The van der Waals surface area contributed by atoms with Gasteiger partial charge < -0.3 is 0 Å². The van der Waals surface area contributed by atoms with E-state index in [-0.39, 0.29) is 5.78 Å². The number of thioether (sulfide) groups is 1. The number of carbonyl (C=O) groups excluding carboxylic acids is 1. The molecule has 1 aromatic carbocycles. The topological polar surface area (TPSA) is 17.1 Å². The normalized spacial score (nSPS) is 10.1. The Morgan fingerprint density at radius 2 is 2.23 bits per heavy atom. The molecule has 0 fully saturated rings. The van der Waals surface area contributed by atoms with Crippen molar-refractivity contribution in [2.24, 2.45) is 0 Å². The molecule has 0 spiro atoms. The first-order chi connectivity index (χ1) is 6.16. The van der Waals surface area contributed by atoms with Gasteiger partial charge >= 0.3 is 0 Å². The van der Waals surface area contributed by atoms with Crippen LogP contribution in [0.2, 0.25) is 0 Å². The predicted octanol–water partition coefficient (Wildman–Crippen LogP) is 3.30. The van der Waals surface area contributed by atoms with E-state index in [1.807, 2.05) is 31.4 Å². The molecule has 1 nitrogen and oxygen atoms in total. The van der Waals surface area contributed by atoms with Gasteiger partial charge in [-0.2, -0.15) is 11.8 Å². The lowest BCUT2D eigenvalue weighted by atomic mass is 10.1. The molecule has 0 bridgehead atoms. The van der Waals surface area contributed by atoms with Crippen LogP contribution < -0.4 is 0 Å². The van der Waals surface area contributed by atoms with Crippen molar-refractivity contribution in [2.45, 2.75) is 6.92 Å². The van der Waals surface area contributed by atoms with Crippen LogP contribution in [0.4, 0.5) is 0 Å². The summed E-state index contributed by atoms with van der Waals surface area (Å²) >= 11 is 4.96. The molecule has 0 unspecified atom stereocenters. The van der Waals surface area contributed by atoms with Crippen molar-refractivity contribution in [1.82, 2.24) is 0 Å². The maximum absolute atomic E-state index is 11.6. The van der Waals surface area contributed by atoms with Crippen molar-refractivity contribution in [3.05, 3.63) is 33.8 Å². The van der Waals surface area contributed by atoms with E-state index in [2.05, 4.69) is 15.9 Å². The van der Waals surface area contributed by atoms with E-state index in [0.717, 1.165) is 15.6 Å². The standard InChI is InChI=1S/C10H11BrOS/c1-7-8(10(12)6-13-2)4-3-5-9(7)11/h3-5H,6H2,1-2H3. The lowest BCUT2D eigenvalue weighted by Gasteiger charge is -2.04. The highest BCUT2D eigenvalue weighted by molar-refractivity contribution is 9.10. The number of benzene rings is 1. The average molecular weight is 259 g/mol. The van der Waals surface area contributed by atoms with Crippen molar-refractivity contribution in [1.29, 1.82) is 0 Å². The van der Waals surface area contributed by atoms with Gasteiger partial charge in [0.15, 0.2) is 5.78 Å². The molecule has 0 aliphatic rings. The Balaban J connectivity index is 3.01. The van der Waals surface area contributed by atoms with Gasteiger partial charge in [-0.3, -0.25) is 4.79 Å². The van der Waals surface area contributed by atoms with Crippen LogP contribution in [0, 0.1) is 6.92 Å². The molecule has 0 aliphatic heterocycles. The van der Waals surface area contributed by atoms with Gasteiger partial charge in [-0.1, -0.05) is 28.1 Å². The highest BCUT2D eigenvalue weighted by atomic mass is 79.9. The molecule has 0 aromatic heterocycles. The molecule has 0 N–H and O–H groups in total. The van der Waals surface area contributed by atoms with Crippen molar-refractivity contribution >= 4 is 33.5 Å². The second-order valence-corrected chi connectivity index (χ2v) is 4.49. The Morgan fingerprint density at radius 3 is 2.85 bits per heavy atom. The minimum absolute atomic E-state index is 0.200. The molecular weight excluding hydrogens is 248 g/mol. The number of Topliss-reactive ketones (excluding diaryl/α,β-unsaturated/α-hetero) is 1. The number of rotatable bonds is 3. The molecule has 13 heavy (non-hydrogen) atoms. The minimum atomic E-state index is 0.200. The smallest absolute Gasteiger partial charge is 0.173 e. The van der Waals surface area contributed by atoms with Crippen molar-refractivity contribution in [3.8, 4) is 0 Å². The van der Waals surface area contributed by atoms with E-state index in [1.54, 1.807) is 11.8 Å². The maximum atomic E-state index is 11.6. The highest BCUT2D eigenvalue weighted by Gasteiger charge is 2.09. The lowest BCUT2D eigenvalue weighted by molar-refractivity contribution is 0.102. The summed E-state index contributed by atoms with van der Waals surface area (Å²) in [6.07, 6.45) is 1.94. The van der Waals surface area contributed by atoms with E-state index in [4.69, 9.17) is 0 Å². The Kier molecular flexibility index (Phi) is 4.00. The number of ketones is 1. The Bertz CT molecular complexity index is 323. The summed E-state index contributed by atoms with van der Waals surface area (Å²) in [6, 6.07) is 5.72. The first-order valence-electron chi connectivity index (χ1n) is 3.94. The quantitative estimate of drug-likeness (QED) is 0.775. The van der Waals surface area contributed by atoms with E-state index < -0.39 is 0 Å². The van der Waals surface area contributed by atoms with E-state index in [0.29, 0.717) is 5.75 Å². The zero-order valence-corrected chi connectivity index (χ0v) is 10.0. The van der Waals surface area contributed by atoms with Crippen LogP contribution in [-0.4, -0.2) is 17.8 Å². The summed E-state index contributed by atoms with van der Waals surface area (Å²) in [5, 5.41) is 0. The van der Waals surface area contributed by atoms with Crippen molar-refractivity contribution in [3.63, 3.8) is 0 Å². The molecule has 1 rings (SSSR count). The first-order valence-corrected chi connectivity index (χ1v) is 6.12. The summed E-state index contributed by atoms with van der Waals surface area (Å²) in [4.78, 5) is 11.6. The zero-order valence-electron chi connectivity index (χ0n) is 7.63. The number of hydrogen-bond acceptors (Lipinski definition) is 2. The largest absolute Gasteiger partial charge is 0.293 e. The fraction of sp³-hybridized carbons (Fsp3) is 0.300. The summed E-state index contributed by atoms with van der Waals surface area (Å²) < 4.78 is 0.999. The molecule has 0 radical (unpaired) electrons. The SMILES string of the molecule is CSCC(=O)c1cccc(Br)c1C. The van der Waals surface area contributed by atoms with Crippen LogP contribution in [-0.2, 0) is 0 Å². The average Bonchev–Trinajstić information content (AvgIpc) is 2.10. The van der Waals surface area contributed by atoms with Gasteiger partial charge in [-0.15, -0.1) is 0 Å². The van der Waals surface area contributed by atoms with Crippen molar-refractivity contribution < 1.29 is 4.79 Å². The molecule has 0 saturated heterocycles. The minimum Gasteiger partial charge on any atom is -0.293 e. The lowest BCUT2D eigenvalue weighted by Crippen LogP contribution is -2.04. The Labute approximate surface area is 91.0 Å². The fourth-order valence-electron chi connectivity index (χ4n) is 1.12. The van der Waals surface area contributed by atoms with Gasteiger partial charge in [0.05, 0.1) is 5.75 Å². The predicted molar refractivity (Wildman–Crippen MR) is 61.6 cm³/mol.